The van der Waals surface area contributed by atoms with E-state index in [1.165, 1.54) is 11.1 Å². The number of anilines is 1. The summed E-state index contributed by atoms with van der Waals surface area (Å²) >= 11 is -1.05. The molecular weight excluding hydrogens is 346 g/mol. The molecule has 136 valence electrons. The fourth-order valence-electron chi connectivity index (χ4n) is 4.12. The molecule has 0 radical (unpaired) electrons. The molecule has 26 heavy (non-hydrogen) atoms. The summed E-state index contributed by atoms with van der Waals surface area (Å²) in [4.78, 5) is 18.1. The number of pyridine rings is 1. The molecule has 2 aromatic rings. The molecule has 1 aromatic carbocycles. The summed E-state index contributed by atoms with van der Waals surface area (Å²) in [6.45, 7) is 0. The van der Waals surface area contributed by atoms with Crippen LogP contribution in [0.25, 0.3) is 11.1 Å². The van der Waals surface area contributed by atoms with Gasteiger partial charge in [0.05, 0.1) is 6.04 Å². The van der Waals surface area contributed by atoms with Gasteiger partial charge in [-0.3, -0.25) is 9.78 Å². The number of rotatable bonds is 3. The molecule has 2 atom stereocenters. The summed E-state index contributed by atoms with van der Waals surface area (Å²) in [5.74, 6) is 0.172. The summed E-state index contributed by atoms with van der Waals surface area (Å²) < 4.78 is 14.8. The van der Waals surface area contributed by atoms with E-state index in [1.807, 2.05) is 25.5 Å². The summed E-state index contributed by atoms with van der Waals surface area (Å²) in [7, 11) is 1.84. The number of nitrogens with zero attached hydrogens (tertiary/aromatic N) is 2. The molecule has 0 saturated heterocycles. The van der Waals surface area contributed by atoms with Crippen LogP contribution in [0.1, 0.15) is 42.0 Å². The fourth-order valence-corrected chi connectivity index (χ4v) is 4.76. The first-order valence-corrected chi connectivity index (χ1v) is 10.6. The number of nitrogens with one attached hydrogen (secondary N) is 1. The normalized spacial score (nSPS) is 20.5. The zero-order valence-electron chi connectivity index (χ0n) is 15.1. The second-order valence-corrected chi connectivity index (χ2v) is 8.21. The smallest absolute Gasteiger partial charge is 0.227 e. The molecule has 2 unspecified atom stereocenters. The lowest BCUT2D eigenvalue weighted by Crippen LogP contribution is -2.31. The number of aryl methyl sites for hydroxylation is 1. The SMILES string of the molecule is CN1C(=O)CCc2cc(-c3cncc4c3CCCC4N[S+](C)[O-])ccc21. The van der Waals surface area contributed by atoms with Crippen molar-refractivity contribution in [2.45, 2.75) is 38.1 Å². The topological polar surface area (TPSA) is 68.3 Å². The van der Waals surface area contributed by atoms with Crippen molar-refractivity contribution in [3.8, 4) is 11.1 Å². The molecule has 0 fully saturated rings. The van der Waals surface area contributed by atoms with Crippen LogP contribution in [-0.2, 0) is 29.0 Å². The zero-order chi connectivity index (χ0) is 18.3. The van der Waals surface area contributed by atoms with Crippen LogP contribution in [0, 0.1) is 0 Å². The lowest BCUT2D eigenvalue weighted by Gasteiger charge is -2.28. The van der Waals surface area contributed by atoms with Gasteiger partial charge in [-0.1, -0.05) is 6.07 Å². The molecular formula is C20H23N3O2S. The molecule has 5 nitrogen and oxygen atoms in total. The lowest BCUT2D eigenvalue weighted by atomic mass is 9.84. The number of carbonyl (C=O) groups excluding carboxylic acids is 1. The van der Waals surface area contributed by atoms with Crippen LogP contribution < -0.4 is 9.62 Å². The van der Waals surface area contributed by atoms with E-state index in [4.69, 9.17) is 0 Å². The van der Waals surface area contributed by atoms with E-state index in [2.05, 4.69) is 21.8 Å². The average molecular weight is 369 g/mol. The molecule has 0 saturated carbocycles. The Kier molecular flexibility index (Phi) is 4.73. The van der Waals surface area contributed by atoms with Crippen LogP contribution in [0.2, 0.25) is 0 Å². The first-order chi connectivity index (χ1) is 12.5. The van der Waals surface area contributed by atoms with Gasteiger partial charge in [-0.25, -0.2) is 0 Å². The van der Waals surface area contributed by atoms with Crippen molar-refractivity contribution >= 4 is 23.0 Å². The largest absolute Gasteiger partial charge is 0.598 e. The summed E-state index contributed by atoms with van der Waals surface area (Å²) in [5, 5.41) is 0. The highest BCUT2D eigenvalue weighted by molar-refractivity contribution is 7.88. The van der Waals surface area contributed by atoms with Crippen molar-refractivity contribution in [1.82, 2.24) is 9.71 Å². The minimum Gasteiger partial charge on any atom is -0.598 e. The van der Waals surface area contributed by atoms with Crippen LogP contribution in [0.15, 0.2) is 30.6 Å². The number of amides is 1. The Bertz CT molecular complexity index is 853. The maximum absolute atomic E-state index is 11.9. The molecule has 1 aromatic heterocycles. The predicted molar refractivity (Wildman–Crippen MR) is 104 cm³/mol. The molecule has 1 N–H and O–H groups in total. The highest BCUT2D eigenvalue weighted by Gasteiger charge is 2.26. The Hall–Kier alpha value is -1.89. The minimum absolute atomic E-state index is 0.0958. The average Bonchev–Trinajstić information content (AvgIpc) is 2.64. The van der Waals surface area contributed by atoms with Crippen molar-refractivity contribution < 1.29 is 9.35 Å². The molecule has 4 rings (SSSR count). The van der Waals surface area contributed by atoms with Gasteiger partial charge in [0, 0.05) is 48.5 Å². The van der Waals surface area contributed by atoms with Crippen LogP contribution >= 0.6 is 0 Å². The van der Waals surface area contributed by atoms with Gasteiger partial charge in [-0.15, -0.1) is 4.72 Å². The molecule has 1 amide bonds. The first-order valence-electron chi connectivity index (χ1n) is 9.01. The van der Waals surface area contributed by atoms with E-state index in [-0.39, 0.29) is 11.9 Å². The van der Waals surface area contributed by atoms with Crippen LogP contribution in [0.5, 0.6) is 0 Å². The highest BCUT2D eigenvalue weighted by atomic mass is 32.2. The van der Waals surface area contributed by atoms with E-state index in [1.54, 1.807) is 11.2 Å². The molecule has 1 aliphatic carbocycles. The van der Waals surface area contributed by atoms with Gasteiger partial charge in [-0.05, 0) is 60.1 Å². The van der Waals surface area contributed by atoms with Crippen LogP contribution in [-0.4, -0.2) is 28.7 Å². The molecule has 0 spiro atoms. The molecule has 2 heterocycles. The number of carbonyl (C=O) groups is 1. The standard InChI is InChI=1S/C20H23N3O2S/c1-23-19-8-6-13(10-14(19)7-9-20(23)24)16-11-21-12-17-15(16)4-3-5-18(17)22-26(2)25/h6,8,10-12,18,22H,3-5,7,9H2,1-2H3. The van der Waals surface area contributed by atoms with E-state index in [0.29, 0.717) is 6.42 Å². The lowest BCUT2D eigenvalue weighted by molar-refractivity contribution is -0.118. The zero-order valence-corrected chi connectivity index (χ0v) is 15.9. The van der Waals surface area contributed by atoms with Gasteiger partial charge in [-0.2, -0.15) is 0 Å². The minimum atomic E-state index is -1.05. The number of aromatic nitrogens is 1. The summed E-state index contributed by atoms with van der Waals surface area (Å²) in [6, 6.07) is 6.42. The van der Waals surface area contributed by atoms with Crippen molar-refractivity contribution in [2.24, 2.45) is 0 Å². The van der Waals surface area contributed by atoms with Crippen LogP contribution in [0.3, 0.4) is 0 Å². The Morgan fingerprint density at radius 3 is 2.92 bits per heavy atom. The third kappa shape index (κ3) is 3.13. The van der Waals surface area contributed by atoms with Gasteiger partial charge in [0.25, 0.3) is 0 Å². The maximum Gasteiger partial charge on any atom is 0.227 e. The van der Waals surface area contributed by atoms with E-state index < -0.39 is 11.4 Å². The number of hydrogen-bond acceptors (Lipinski definition) is 4. The van der Waals surface area contributed by atoms with Gasteiger partial charge in [0.1, 0.15) is 6.26 Å². The number of hydrogen-bond donors (Lipinski definition) is 1. The maximum atomic E-state index is 11.9. The van der Waals surface area contributed by atoms with Crippen molar-refractivity contribution in [1.29, 1.82) is 0 Å². The molecule has 0 bridgehead atoms. The van der Waals surface area contributed by atoms with Crippen LogP contribution in [0.4, 0.5) is 5.69 Å². The van der Waals surface area contributed by atoms with E-state index in [9.17, 15) is 9.35 Å². The number of benzene rings is 1. The summed E-state index contributed by atoms with van der Waals surface area (Å²) in [6.07, 6.45) is 9.93. The summed E-state index contributed by atoms with van der Waals surface area (Å²) in [5.41, 5.74) is 6.97. The van der Waals surface area contributed by atoms with Crippen molar-refractivity contribution in [2.75, 3.05) is 18.2 Å². The van der Waals surface area contributed by atoms with Crippen molar-refractivity contribution in [3.63, 3.8) is 0 Å². The fraction of sp³-hybridized carbons (Fsp3) is 0.400. The monoisotopic (exact) mass is 369 g/mol. The van der Waals surface area contributed by atoms with E-state index >= 15 is 0 Å². The molecule has 1 aliphatic heterocycles. The van der Waals surface area contributed by atoms with Gasteiger partial charge < -0.3 is 9.45 Å². The molecule has 6 heteroatoms. The second kappa shape index (κ2) is 7.02. The van der Waals surface area contributed by atoms with Crippen molar-refractivity contribution in [3.05, 3.63) is 47.3 Å². The van der Waals surface area contributed by atoms with E-state index in [0.717, 1.165) is 48.1 Å². The van der Waals surface area contributed by atoms with Gasteiger partial charge in [0.2, 0.25) is 5.91 Å². The number of fused-ring (bicyclic) bond motifs is 2. The third-order valence-electron chi connectivity index (χ3n) is 5.43. The first kappa shape index (κ1) is 17.5. The van der Waals surface area contributed by atoms with Gasteiger partial charge >= 0.3 is 0 Å². The Morgan fingerprint density at radius 2 is 2.12 bits per heavy atom. The highest BCUT2D eigenvalue weighted by Crippen LogP contribution is 2.38. The Morgan fingerprint density at radius 1 is 1.27 bits per heavy atom. The van der Waals surface area contributed by atoms with Gasteiger partial charge in [0.15, 0.2) is 0 Å². The quantitative estimate of drug-likeness (QED) is 0.845. The second-order valence-electron chi connectivity index (χ2n) is 7.07. The Balaban J connectivity index is 1.74. The third-order valence-corrected chi connectivity index (χ3v) is 6.04. The molecule has 2 aliphatic rings. The predicted octanol–water partition coefficient (Wildman–Crippen LogP) is 2.92. The Labute approximate surface area is 157 Å².